The molecule has 1 aliphatic heterocycles. The van der Waals surface area contributed by atoms with Gasteiger partial charge in [-0.3, -0.25) is 0 Å². The minimum Gasteiger partial charge on any atom is -1.00 e. The van der Waals surface area contributed by atoms with Gasteiger partial charge in [0.1, 0.15) is 0 Å². The van der Waals surface area contributed by atoms with Gasteiger partial charge in [-0.05, 0) is 0 Å². The van der Waals surface area contributed by atoms with Crippen LogP contribution in [0.5, 0.6) is 0 Å². The van der Waals surface area contributed by atoms with Crippen LogP contribution in [0.2, 0.25) is 16.0 Å². The minimum absolute atomic E-state index is 0. The Morgan fingerprint density at radius 3 is 2.33 bits per heavy atom. The van der Waals surface area contributed by atoms with Crippen LogP contribution in [-0.2, 0) is 0 Å². The summed E-state index contributed by atoms with van der Waals surface area (Å²) in [6.45, 7) is 2.43. The summed E-state index contributed by atoms with van der Waals surface area (Å²) in [7, 11) is 0. The Hall–Kier alpha value is 1.25. The molecule has 1 rings (SSSR count). The van der Waals surface area contributed by atoms with E-state index in [1.165, 1.54) is 19.3 Å². The monoisotopic (exact) mass is 306 g/mol. The van der Waals surface area contributed by atoms with Crippen molar-refractivity contribution in [3.8, 4) is 0 Å². The van der Waals surface area contributed by atoms with E-state index in [9.17, 15) is 0 Å². The van der Waals surface area contributed by atoms with E-state index < -0.39 is 0 Å². The van der Waals surface area contributed by atoms with E-state index in [-0.39, 0.29) is 37.9 Å². The van der Waals surface area contributed by atoms with E-state index >= 15 is 0 Å². The molecule has 0 aromatic heterocycles. The third-order valence-corrected chi connectivity index (χ3v) is 7.35. The zero-order valence-electron chi connectivity index (χ0n) is 6.19. The molecule has 0 amide bonds. The van der Waals surface area contributed by atoms with E-state index in [0.717, 1.165) is 4.82 Å². The molecule has 1 saturated heterocycles. The van der Waals surface area contributed by atoms with Crippen molar-refractivity contribution in [2.24, 2.45) is 0 Å². The fraction of sp³-hybridized carbons (Fsp3) is 1.00. The van der Waals surface area contributed by atoms with Crippen molar-refractivity contribution >= 4 is 13.9 Å². The maximum atomic E-state index is 2.50. The maximum Gasteiger partial charge on any atom is -1.00 e. The Morgan fingerprint density at radius 1 is 1.33 bits per heavy atom. The summed E-state index contributed by atoms with van der Waals surface area (Å²) >= 11 is -0.0694. The summed E-state index contributed by atoms with van der Waals surface area (Å²) < 4.78 is 0. The Labute approximate surface area is 79.7 Å². The Bertz CT molecular complexity index is 65.3. The quantitative estimate of drug-likeness (QED) is 0.425. The van der Waals surface area contributed by atoms with Crippen LogP contribution in [-0.4, -0.2) is 13.9 Å². The molecule has 2 unspecified atom stereocenters. The van der Waals surface area contributed by atoms with Crippen molar-refractivity contribution in [2.75, 3.05) is 0 Å². The molecule has 0 nitrogen and oxygen atoms in total. The van der Waals surface area contributed by atoms with Gasteiger partial charge in [-0.15, -0.1) is 0 Å². The molecule has 0 N–H and O–H groups in total. The maximum absolute atomic E-state index is 2.50. The van der Waals surface area contributed by atoms with Crippen molar-refractivity contribution < 1.29 is 24.0 Å². The summed E-state index contributed by atoms with van der Waals surface area (Å²) in [5, 5.41) is 1.60. The van der Waals surface area contributed by atoms with Gasteiger partial charge in [-0.2, -0.15) is 0 Å². The fourth-order valence-electron chi connectivity index (χ4n) is 1.16. The molecule has 9 heavy (non-hydrogen) atoms. The summed E-state index contributed by atoms with van der Waals surface area (Å²) in [4.78, 5) is 1.13. The normalized spacial score (nSPS) is 35.3. The van der Waals surface area contributed by atoms with Gasteiger partial charge in [0.15, 0.2) is 0 Å². The van der Waals surface area contributed by atoms with Crippen LogP contribution in [0, 0.1) is 0 Å². The molecule has 2 atom stereocenters. The van der Waals surface area contributed by atoms with Gasteiger partial charge >= 0.3 is 56.0 Å². The third kappa shape index (κ3) is 3.24. The zero-order valence-corrected chi connectivity index (χ0v) is 10.1. The second kappa shape index (κ2) is 4.97. The van der Waals surface area contributed by atoms with E-state index in [0.29, 0.717) is 0 Å². The van der Waals surface area contributed by atoms with E-state index in [1.54, 1.807) is 5.32 Å². The molecule has 0 bridgehead atoms. The number of hydrogen-bond donors (Lipinski definition) is 0. The van der Waals surface area contributed by atoms with Crippen molar-refractivity contribution in [3.63, 3.8) is 0 Å². The van der Waals surface area contributed by atoms with Crippen LogP contribution >= 0.6 is 0 Å². The fourth-order valence-corrected chi connectivity index (χ4v) is 4.59. The van der Waals surface area contributed by atoms with Crippen LogP contribution in [0.4, 0.5) is 0 Å². The second-order valence-corrected chi connectivity index (χ2v) is 8.15. The van der Waals surface area contributed by atoms with Gasteiger partial charge in [0.2, 0.25) is 0 Å². The molecule has 0 aromatic carbocycles. The molecule has 1 aliphatic rings. The van der Waals surface area contributed by atoms with Gasteiger partial charge in [-0.25, -0.2) is 0 Å². The van der Waals surface area contributed by atoms with Crippen molar-refractivity contribution in [1.82, 2.24) is 0 Å². The second-order valence-electron chi connectivity index (χ2n) is 2.70. The van der Waals surface area contributed by atoms with E-state index in [2.05, 4.69) is 12.7 Å². The Morgan fingerprint density at radius 2 is 2.00 bits per heavy atom. The molecule has 1 heterocycles. The SMILES string of the molecule is CC1CCCC[Se+]1C.[I-]. The summed E-state index contributed by atoms with van der Waals surface area (Å²) in [5.74, 6) is 2.50. The predicted molar refractivity (Wildman–Crippen MR) is 39.7 cm³/mol. The zero-order chi connectivity index (χ0) is 5.98. The van der Waals surface area contributed by atoms with Crippen LogP contribution in [0.15, 0.2) is 0 Å². The summed E-state index contributed by atoms with van der Waals surface area (Å²) in [6, 6.07) is 0. The summed E-state index contributed by atoms with van der Waals surface area (Å²) in [6.07, 6.45) is 4.57. The van der Waals surface area contributed by atoms with Crippen molar-refractivity contribution in [3.05, 3.63) is 0 Å². The van der Waals surface area contributed by atoms with Crippen LogP contribution in [0.1, 0.15) is 26.2 Å². The topological polar surface area (TPSA) is 0 Å². The molecule has 0 aromatic rings. The first-order valence-electron chi connectivity index (χ1n) is 3.42. The van der Waals surface area contributed by atoms with Gasteiger partial charge in [-0.1, -0.05) is 0 Å². The van der Waals surface area contributed by atoms with E-state index in [4.69, 9.17) is 0 Å². The number of hydrogen-bond acceptors (Lipinski definition) is 0. The van der Waals surface area contributed by atoms with Gasteiger partial charge in [0.25, 0.3) is 0 Å². The smallest absolute Gasteiger partial charge is 1.00 e. The predicted octanol–water partition coefficient (Wildman–Crippen LogP) is -0.311. The molecule has 0 aliphatic carbocycles. The van der Waals surface area contributed by atoms with Gasteiger partial charge in [0, 0.05) is 0 Å². The molecule has 0 spiro atoms. The number of rotatable bonds is 0. The van der Waals surface area contributed by atoms with Crippen LogP contribution < -0.4 is 24.0 Å². The molecule has 1 fully saturated rings. The molecular formula is C7H15ISe. The van der Waals surface area contributed by atoms with Crippen LogP contribution in [0.25, 0.3) is 0 Å². The molecular weight excluding hydrogens is 290 g/mol. The largest absolute Gasteiger partial charge is 1.00 e. The number of halogens is 1. The first-order valence-corrected chi connectivity index (χ1v) is 7.33. The standard InChI is InChI=1S/C7H15Se.HI/c1-7-5-3-4-6-8(7)2;/h7H,3-6H2,1-2H3;1H/q+1;/p-1. The Balaban J connectivity index is 0.000000640. The Kier molecular flexibility index (Phi) is 5.66. The third-order valence-electron chi connectivity index (χ3n) is 2.01. The molecule has 56 valence electrons. The molecule has 2 heteroatoms. The van der Waals surface area contributed by atoms with Crippen molar-refractivity contribution in [1.29, 1.82) is 0 Å². The average Bonchev–Trinajstić information content (AvgIpc) is 1.77. The van der Waals surface area contributed by atoms with Crippen LogP contribution in [0.3, 0.4) is 0 Å². The van der Waals surface area contributed by atoms with E-state index in [1.807, 2.05) is 0 Å². The summed E-state index contributed by atoms with van der Waals surface area (Å²) in [5.41, 5.74) is 0. The average molecular weight is 305 g/mol. The molecule has 0 radical (unpaired) electrons. The first-order chi connectivity index (χ1) is 3.80. The van der Waals surface area contributed by atoms with Crippen molar-refractivity contribution in [2.45, 2.75) is 42.1 Å². The minimum atomic E-state index is -0.0694. The van der Waals surface area contributed by atoms with Gasteiger partial charge in [0.05, 0.1) is 0 Å². The van der Waals surface area contributed by atoms with Gasteiger partial charge < -0.3 is 24.0 Å². The molecule has 0 saturated carbocycles. The first kappa shape index (κ1) is 10.2.